The molecule has 0 aliphatic carbocycles. The van der Waals surface area contributed by atoms with Crippen molar-refractivity contribution in [3.05, 3.63) is 36.3 Å². The summed E-state index contributed by atoms with van der Waals surface area (Å²) in [5.74, 6) is 0. The molecule has 10 heavy (non-hydrogen) atoms. The van der Waals surface area contributed by atoms with E-state index >= 15 is 0 Å². The van der Waals surface area contributed by atoms with Crippen molar-refractivity contribution < 1.29 is 0 Å². The molecule has 0 N–H and O–H groups in total. The predicted octanol–water partition coefficient (Wildman–Crippen LogP) is 1.44. The van der Waals surface area contributed by atoms with E-state index in [0.29, 0.717) is 0 Å². The molecule has 0 spiro atoms. The van der Waals surface area contributed by atoms with E-state index in [2.05, 4.69) is 11.2 Å². The van der Waals surface area contributed by atoms with Gasteiger partial charge in [0.05, 0.1) is 12.4 Å². The molecule has 2 nitrogen and oxygen atoms in total. The Bertz CT molecular complexity index is 349. The second kappa shape index (κ2) is 1.84. The second-order valence-electron chi connectivity index (χ2n) is 2.32. The lowest BCUT2D eigenvalue weighted by Crippen LogP contribution is -1.82. The van der Waals surface area contributed by atoms with Crippen molar-refractivity contribution in [2.45, 2.75) is 6.92 Å². The molecule has 0 bridgehead atoms. The van der Waals surface area contributed by atoms with Crippen LogP contribution in [0.1, 0.15) is 5.56 Å². The van der Waals surface area contributed by atoms with E-state index in [0.717, 1.165) is 5.65 Å². The highest BCUT2D eigenvalue weighted by Gasteiger charge is 1.90. The molecule has 0 fully saturated rings. The minimum absolute atomic E-state index is 0.950. The van der Waals surface area contributed by atoms with Crippen LogP contribution in [0, 0.1) is 13.1 Å². The van der Waals surface area contributed by atoms with Crippen LogP contribution >= 0.6 is 0 Å². The number of aromatic nitrogens is 2. The maximum absolute atomic E-state index is 4.07. The van der Waals surface area contributed by atoms with Gasteiger partial charge in [-0.25, -0.2) is 4.98 Å². The average molecular weight is 131 g/mol. The van der Waals surface area contributed by atoms with Gasteiger partial charge in [0.2, 0.25) is 0 Å². The zero-order chi connectivity index (χ0) is 6.97. The van der Waals surface area contributed by atoms with Gasteiger partial charge in [0, 0.05) is 6.20 Å². The first-order valence-electron chi connectivity index (χ1n) is 3.18. The van der Waals surface area contributed by atoms with Gasteiger partial charge < -0.3 is 0 Å². The molecule has 2 aromatic heterocycles. The molecule has 2 heteroatoms. The van der Waals surface area contributed by atoms with Crippen molar-refractivity contribution in [2.75, 3.05) is 0 Å². The van der Waals surface area contributed by atoms with Crippen LogP contribution in [0.5, 0.6) is 0 Å². The summed E-state index contributed by atoms with van der Waals surface area (Å²) in [7, 11) is 0. The number of hydrogen-bond donors (Lipinski definition) is 0. The zero-order valence-electron chi connectivity index (χ0n) is 5.70. The van der Waals surface area contributed by atoms with Crippen LogP contribution in [0.4, 0.5) is 0 Å². The Morgan fingerprint density at radius 3 is 3.30 bits per heavy atom. The molecule has 2 rings (SSSR count). The summed E-state index contributed by atoms with van der Waals surface area (Å²) in [6, 6.07) is 4.02. The Balaban J connectivity index is 2.86. The first kappa shape index (κ1) is 5.47. The Kier molecular flexibility index (Phi) is 1.01. The van der Waals surface area contributed by atoms with Gasteiger partial charge in [-0.3, -0.25) is 4.40 Å². The third-order valence-electron chi connectivity index (χ3n) is 1.47. The molecule has 0 aromatic carbocycles. The summed E-state index contributed by atoms with van der Waals surface area (Å²) in [5.41, 5.74) is 2.17. The largest absolute Gasteiger partial charge is 0.298 e. The molecule has 0 saturated heterocycles. The van der Waals surface area contributed by atoms with Crippen molar-refractivity contribution >= 4 is 5.65 Å². The fraction of sp³-hybridized carbons (Fsp3) is 0.125. The van der Waals surface area contributed by atoms with Crippen LogP contribution < -0.4 is 0 Å². The lowest BCUT2D eigenvalue weighted by Gasteiger charge is -1.92. The SMILES string of the molecule is Cc1ccc2nc[c]n2c1. The Labute approximate surface area is 59.1 Å². The molecule has 0 aliphatic heterocycles. The van der Waals surface area contributed by atoms with E-state index in [-0.39, 0.29) is 0 Å². The molecule has 0 saturated carbocycles. The third-order valence-corrected chi connectivity index (χ3v) is 1.47. The number of imidazole rings is 1. The number of pyridine rings is 1. The van der Waals surface area contributed by atoms with E-state index < -0.39 is 0 Å². The van der Waals surface area contributed by atoms with Gasteiger partial charge in [-0.2, -0.15) is 0 Å². The van der Waals surface area contributed by atoms with Crippen molar-refractivity contribution in [1.29, 1.82) is 0 Å². The average Bonchev–Trinajstić information content (AvgIpc) is 2.33. The van der Waals surface area contributed by atoms with Crippen molar-refractivity contribution in [3.8, 4) is 0 Å². The number of nitrogens with zero attached hydrogens (tertiary/aromatic N) is 2. The fourth-order valence-corrected chi connectivity index (χ4v) is 0.965. The molecule has 0 atom stereocenters. The molecule has 2 aromatic rings. The highest BCUT2D eigenvalue weighted by Crippen LogP contribution is 2.01. The van der Waals surface area contributed by atoms with E-state index in [1.54, 1.807) is 6.20 Å². The topological polar surface area (TPSA) is 17.3 Å². The minimum atomic E-state index is 0.950. The van der Waals surface area contributed by atoms with Crippen LogP contribution in [0.25, 0.3) is 5.65 Å². The summed E-state index contributed by atoms with van der Waals surface area (Å²) in [4.78, 5) is 4.07. The maximum Gasteiger partial charge on any atom is 0.137 e. The predicted molar refractivity (Wildman–Crippen MR) is 38.8 cm³/mol. The first-order chi connectivity index (χ1) is 4.86. The first-order valence-corrected chi connectivity index (χ1v) is 3.18. The van der Waals surface area contributed by atoms with Crippen molar-refractivity contribution in [3.63, 3.8) is 0 Å². The Hall–Kier alpha value is -1.31. The molecule has 0 unspecified atom stereocenters. The standard InChI is InChI=1S/C8H7N2/c1-7-2-3-8-9-4-5-10(8)6-7/h2-4,6H,1H3. The van der Waals surface area contributed by atoms with Gasteiger partial charge in [0.25, 0.3) is 0 Å². The van der Waals surface area contributed by atoms with Gasteiger partial charge in [0.1, 0.15) is 5.65 Å². The summed E-state index contributed by atoms with van der Waals surface area (Å²) in [6.07, 6.45) is 6.64. The normalized spacial score (nSPS) is 10.5. The lowest BCUT2D eigenvalue weighted by molar-refractivity contribution is 1.15. The highest BCUT2D eigenvalue weighted by atomic mass is 15.0. The number of rotatable bonds is 0. The van der Waals surface area contributed by atoms with E-state index in [4.69, 9.17) is 0 Å². The van der Waals surface area contributed by atoms with Crippen LogP contribution in [0.2, 0.25) is 0 Å². The second-order valence-corrected chi connectivity index (χ2v) is 2.32. The molecule has 0 aliphatic rings. The molecule has 0 amide bonds. The lowest BCUT2D eigenvalue weighted by atomic mass is 10.3. The number of hydrogen-bond acceptors (Lipinski definition) is 1. The van der Waals surface area contributed by atoms with Gasteiger partial charge in [-0.1, -0.05) is 6.07 Å². The Morgan fingerprint density at radius 1 is 1.50 bits per heavy atom. The van der Waals surface area contributed by atoms with Gasteiger partial charge >= 0.3 is 0 Å². The number of aryl methyl sites for hydroxylation is 1. The quantitative estimate of drug-likeness (QED) is 0.529. The summed E-state index contributed by atoms with van der Waals surface area (Å²) in [6.45, 7) is 2.05. The molecule has 49 valence electrons. The molecular weight excluding hydrogens is 124 g/mol. The molecule has 2 heterocycles. The fourth-order valence-electron chi connectivity index (χ4n) is 0.965. The van der Waals surface area contributed by atoms with E-state index in [1.807, 2.05) is 29.7 Å². The van der Waals surface area contributed by atoms with Crippen LogP contribution in [0.3, 0.4) is 0 Å². The van der Waals surface area contributed by atoms with Gasteiger partial charge in [-0.05, 0) is 18.6 Å². The summed E-state index contributed by atoms with van der Waals surface area (Å²) in [5, 5.41) is 0. The van der Waals surface area contributed by atoms with E-state index in [9.17, 15) is 0 Å². The van der Waals surface area contributed by atoms with Crippen LogP contribution in [-0.4, -0.2) is 9.38 Å². The summed E-state index contributed by atoms with van der Waals surface area (Å²) >= 11 is 0. The van der Waals surface area contributed by atoms with Crippen LogP contribution in [-0.2, 0) is 0 Å². The highest BCUT2D eigenvalue weighted by molar-refractivity contribution is 5.38. The minimum Gasteiger partial charge on any atom is -0.298 e. The summed E-state index contributed by atoms with van der Waals surface area (Å²) < 4.78 is 1.88. The monoisotopic (exact) mass is 131 g/mol. The van der Waals surface area contributed by atoms with Crippen molar-refractivity contribution in [2.24, 2.45) is 0 Å². The zero-order valence-corrected chi connectivity index (χ0v) is 5.70. The van der Waals surface area contributed by atoms with Crippen molar-refractivity contribution in [1.82, 2.24) is 9.38 Å². The van der Waals surface area contributed by atoms with Gasteiger partial charge in [0.15, 0.2) is 0 Å². The third kappa shape index (κ3) is 0.692. The number of fused-ring (bicyclic) bond motifs is 1. The maximum atomic E-state index is 4.07. The molecule has 1 radical (unpaired) electrons. The molecular formula is C8H7N2. The van der Waals surface area contributed by atoms with Gasteiger partial charge in [-0.15, -0.1) is 0 Å². The smallest absolute Gasteiger partial charge is 0.137 e. The van der Waals surface area contributed by atoms with Crippen LogP contribution in [0.15, 0.2) is 24.5 Å². The van der Waals surface area contributed by atoms with E-state index in [1.165, 1.54) is 5.56 Å². The Morgan fingerprint density at radius 2 is 2.40 bits per heavy atom.